The van der Waals surface area contributed by atoms with Crippen molar-refractivity contribution in [3.05, 3.63) is 28.8 Å². The van der Waals surface area contributed by atoms with Crippen molar-refractivity contribution in [2.45, 2.75) is 25.3 Å². The smallest absolute Gasteiger partial charge is 0.122 e. The first-order chi connectivity index (χ1) is 8.63. The van der Waals surface area contributed by atoms with Crippen LogP contribution < -0.4 is 10.1 Å². The molecule has 1 aromatic rings. The Hall–Kier alpha value is -0.770. The van der Waals surface area contributed by atoms with E-state index >= 15 is 0 Å². The zero-order valence-corrected chi connectivity index (χ0v) is 11.7. The van der Waals surface area contributed by atoms with Gasteiger partial charge < -0.3 is 14.8 Å². The number of ether oxygens (including phenoxy) is 2. The van der Waals surface area contributed by atoms with E-state index in [-0.39, 0.29) is 5.54 Å². The van der Waals surface area contributed by atoms with Crippen molar-refractivity contribution in [1.29, 1.82) is 0 Å². The molecular formula is C14H20ClNO2. The van der Waals surface area contributed by atoms with Crippen molar-refractivity contribution in [2.75, 3.05) is 26.9 Å². The van der Waals surface area contributed by atoms with Gasteiger partial charge in [-0.15, -0.1) is 0 Å². The van der Waals surface area contributed by atoms with E-state index in [9.17, 15) is 0 Å². The van der Waals surface area contributed by atoms with Gasteiger partial charge in [-0.3, -0.25) is 0 Å². The molecule has 4 heteroatoms. The van der Waals surface area contributed by atoms with Crippen LogP contribution in [-0.2, 0) is 11.2 Å². The number of morpholine rings is 1. The summed E-state index contributed by atoms with van der Waals surface area (Å²) in [6.45, 7) is 4.68. The van der Waals surface area contributed by atoms with Crippen LogP contribution in [0.2, 0.25) is 5.02 Å². The number of hydrogen-bond donors (Lipinski definition) is 1. The molecule has 100 valence electrons. The number of methoxy groups -OCH3 is 1. The largest absolute Gasteiger partial charge is 0.496 e. The van der Waals surface area contributed by atoms with Crippen LogP contribution in [0.1, 0.15) is 18.9 Å². The number of nitrogens with one attached hydrogen (secondary N) is 1. The first-order valence-electron chi connectivity index (χ1n) is 6.28. The fourth-order valence-electron chi connectivity index (χ4n) is 2.29. The molecule has 1 fully saturated rings. The minimum Gasteiger partial charge on any atom is -0.496 e. The summed E-state index contributed by atoms with van der Waals surface area (Å²) >= 11 is 6.03. The molecule has 1 saturated heterocycles. The minimum absolute atomic E-state index is 0.0472. The highest BCUT2D eigenvalue weighted by Crippen LogP contribution is 2.26. The first kappa shape index (κ1) is 13.7. The van der Waals surface area contributed by atoms with Gasteiger partial charge in [0.05, 0.1) is 20.3 Å². The molecule has 0 bridgehead atoms. The molecule has 1 N–H and O–H groups in total. The SMILES string of the molecule is COc1ccc(Cl)cc1CCC1(C)COCCN1. The number of aryl methyl sites for hydroxylation is 1. The third-order valence-electron chi connectivity index (χ3n) is 3.41. The molecule has 3 nitrogen and oxygen atoms in total. The minimum atomic E-state index is 0.0472. The van der Waals surface area contributed by atoms with Crippen molar-refractivity contribution >= 4 is 11.6 Å². The van der Waals surface area contributed by atoms with Crippen LogP contribution >= 0.6 is 11.6 Å². The lowest BCUT2D eigenvalue weighted by Crippen LogP contribution is -2.52. The van der Waals surface area contributed by atoms with Crippen LogP contribution in [0.5, 0.6) is 5.75 Å². The second-order valence-electron chi connectivity index (χ2n) is 5.00. The Labute approximate surface area is 113 Å². The predicted octanol–water partition coefficient (Wildman–Crippen LogP) is 2.66. The third kappa shape index (κ3) is 3.37. The molecule has 0 spiro atoms. The number of hydrogen-bond acceptors (Lipinski definition) is 3. The maximum Gasteiger partial charge on any atom is 0.122 e. The summed E-state index contributed by atoms with van der Waals surface area (Å²) in [4.78, 5) is 0. The standard InChI is InChI=1S/C14H20ClNO2/c1-14(10-18-8-7-16-14)6-5-11-9-12(15)3-4-13(11)17-2/h3-4,9,16H,5-8,10H2,1-2H3. The highest BCUT2D eigenvalue weighted by Gasteiger charge is 2.26. The molecule has 0 radical (unpaired) electrons. The van der Waals surface area contributed by atoms with E-state index in [1.807, 2.05) is 18.2 Å². The monoisotopic (exact) mass is 269 g/mol. The average Bonchev–Trinajstić information content (AvgIpc) is 2.38. The molecule has 1 unspecified atom stereocenters. The molecule has 0 aromatic heterocycles. The molecule has 0 amide bonds. The number of rotatable bonds is 4. The van der Waals surface area contributed by atoms with E-state index in [1.165, 1.54) is 0 Å². The third-order valence-corrected chi connectivity index (χ3v) is 3.64. The lowest BCUT2D eigenvalue weighted by Gasteiger charge is -2.35. The van der Waals surface area contributed by atoms with Gasteiger partial charge in [0.25, 0.3) is 0 Å². The van der Waals surface area contributed by atoms with Crippen LogP contribution in [0.25, 0.3) is 0 Å². The van der Waals surface area contributed by atoms with Gasteiger partial charge >= 0.3 is 0 Å². The van der Waals surface area contributed by atoms with E-state index in [4.69, 9.17) is 21.1 Å². The molecule has 1 atom stereocenters. The summed E-state index contributed by atoms with van der Waals surface area (Å²) in [6.07, 6.45) is 1.93. The summed E-state index contributed by atoms with van der Waals surface area (Å²) < 4.78 is 10.9. The van der Waals surface area contributed by atoms with Crippen LogP contribution in [0.4, 0.5) is 0 Å². The average molecular weight is 270 g/mol. The zero-order valence-electron chi connectivity index (χ0n) is 11.0. The van der Waals surface area contributed by atoms with Crippen LogP contribution in [0, 0.1) is 0 Å². The topological polar surface area (TPSA) is 30.5 Å². The van der Waals surface area contributed by atoms with Gasteiger partial charge in [-0.25, -0.2) is 0 Å². The highest BCUT2D eigenvalue weighted by molar-refractivity contribution is 6.30. The van der Waals surface area contributed by atoms with E-state index in [0.29, 0.717) is 0 Å². The normalized spacial score (nSPS) is 23.9. The Bertz CT molecular complexity index is 403. The van der Waals surface area contributed by atoms with Crippen molar-refractivity contribution in [1.82, 2.24) is 5.32 Å². The lowest BCUT2D eigenvalue weighted by molar-refractivity contribution is 0.0317. The first-order valence-corrected chi connectivity index (χ1v) is 6.66. The van der Waals surface area contributed by atoms with Gasteiger partial charge in [-0.05, 0) is 43.5 Å². The lowest BCUT2D eigenvalue weighted by atomic mass is 9.93. The number of benzene rings is 1. The van der Waals surface area contributed by atoms with Gasteiger partial charge in [-0.1, -0.05) is 11.6 Å². The molecule has 1 aliphatic rings. The Kier molecular flexibility index (Phi) is 4.49. The van der Waals surface area contributed by atoms with Gasteiger partial charge in [0.15, 0.2) is 0 Å². The van der Waals surface area contributed by atoms with E-state index in [0.717, 1.165) is 48.9 Å². The second kappa shape index (κ2) is 5.91. The molecule has 1 aromatic carbocycles. The van der Waals surface area contributed by atoms with Crippen molar-refractivity contribution in [3.8, 4) is 5.75 Å². The highest BCUT2D eigenvalue weighted by atomic mass is 35.5. The van der Waals surface area contributed by atoms with Crippen molar-refractivity contribution in [2.24, 2.45) is 0 Å². The van der Waals surface area contributed by atoms with E-state index < -0.39 is 0 Å². The van der Waals surface area contributed by atoms with Gasteiger partial charge in [0.2, 0.25) is 0 Å². The Morgan fingerprint density at radius 1 is 1.50 bits per heavy atom. The summed E-state index contributed by atoms with van der Waals surface area (Å²) in [7, 11) is 1.69. The van der Waals surface area contributed by atoms with Gasteiger partial charge in [-0.2, -0.15) is 0 Å². The van der Waals surface area contributed by atoms with Crippen LogP contribution in [0.15, 0.2) is 18.2 Å². The Morgan fingerprint density at radius 3 is 3.00 bits per heavy atom. The quantitative estimate of drug-likeness (QED) is 0.912. The number of halogens is 1. The Balaban J connectivity index is 2.02. The fraction of sp³-hybridized carbons (Fsp3) is 0.571. The summed E-state index contributed by atoms with van der Waals surface area (Å²) in [6, 6.07) is 5.76. The maximum absolute atomic E-state index is 6.03. The molecule has 1 heterocycles. The predicted molar refractivity (Wildman–Crippen MR) is 73.6 cm³/mol. The molecule has 0 aliphatic carbocycles. The van der Waals surface area contributed by atoms with Crippen molar-refractivity contribution in [3.63, 3.8) is 0 Å². The van der Waals surface area contributed by atoms with E-state index in [2.05, 4.69) is 12.2 Å². The summed E-state index contributed by atoms with van der Waals surface area (Å²) in [5, 5.41) is 4.27. The summed E-state index contributed by atoms with van der Waals surface area (Å²) in [5.74, 6) is 0.903. The molecule has 0 saturated carbocycles. The Morgan fingerprint density at radius 2 is 2.33 bits per heavy atom. The van der Waals surface area contributed by atoms with Gasteiger partial charge in [0, 0.05) is 17.1 Å². The molecule has 18 heavy (non-hydrogen) atoms. The van der Waals surface area contributed by atoms with E-state index in [1.54, 1.807) is 7.11 Å². The molecule has 1 aliphatic heterocycles. The van der Waals surface area contributed by atoms with Crippen LogP contribution in [0.3, 0.4) is 0 Å². The molecule has 2 rings (SSSR count). The van der Waals surface area contributed by atoms with Gasteiger partial charge in [0.1, 0.15) is 5.75 Å². The fourth-order valence-corrected chi connectivity index (χ4v) is 2.48. The maximum atomic E-state index is 6.03. The van der Waals surface area contributed by atoms with Crippen molar-refractivity contribution < 1.29 is 9.47 Å². The molecular weight excluding hydrogens is 250 g/mol. The van der Waals surface area contributed by atoms with Crippen LogP contribution in [-0.4, -0.2) is 32.4 Å². The zero-order chi connectivity index (χ0) is 13.0. The second-order valence-corrected chi connectivity index (χ2v) is 5.43. The summed E-state index contributed by atoms with van der Waals surface area (Å²) in [5.41, 5.74) is 1.20.